The van der Waals surface area contributed by atoms with Gasteiger partial charge in [-0.05, 0) is 31.5 Å². The number of carbonyl (C=O) groups excluding carboxylic acids is 1. The van der Waals surface area contributed by atoms with Crippen LogP contribution in [0.4, 0.5) is 4.39 Å². The van der Waals surface area contributed by atoms with Crippen molar-refractivity contribution < 1.29 is 18.3 Å². The van der Waals surface area contributed by atoms with E-state index >= 15 is 0 Å². The van der Waals surface area contributed by atoms with Crippen LogP contribution in [0, 0.1) is 19.7 Å². The van der Waals surface area contributed by atoms with Crippen LogP contribution in [0.15, 0.2) is 28.7 Å². The summed E-state index contributed by atoms with van der Waals surface area (Å²) in [6.45, 7) is 3.46. The van der Waals surface area contributed by atoms with Gasteiger partial charge in [-0.1, -0.05) is 12.1 Å². The highest BCUT2D eigenvalue weighted by Crippen LogP contribution is 2.22. The van der Waals surface area contributed by atoms with Gasteiger partial charge in [-0.15, -0.1) is 0 Å². The molecule has 20 heavy (non-hydrogen) atoms. The predicted molar refractivity (Wildman–Crippen MR) is 70.6 cm³/mol. The van der Waals surface area contributed by atoms with Crippen molar-refractivity contribution >= 4 is 5.91 Å². The number of ether oxygens (including phenoxy) is 1. The molecule has 0 atom stereocenters. The van der Waals surface area contributed by atoms with Crippen LogP contribution in [-0.4, -0.2) is 5.91 Å². The molecule has 0 unspecified atom stereocenters. The fraction of sp³-hybridized carbons (Fsp3) is 0.214. The van der Waals surface area contributed by atoms with E-state index in [1.807, 2.05) is 5.43 Å². The van der Waals surface area contributed by atoms with Crippen molar-refractivity contribution in [3.8, 4) is 5.75 Å². The lowest BCUT2D eigenvalue weighted by Crippen LogP contribution is -2.29. The first kappa shape index (κ1) is 14.1. The van der Waals surface area contributed by atoms with Crippen LogP contribution in [0.1, 0.15) is 27.4 Å². The zero-order valence-electron chi connectivity index (χ0n) is 11.2. The summed E-state index contributed by atoms with van der Waals surface area (Å²) in [4.78, 5) is 11.3. The number of amides is 1. The number of hydrogen-bond acceptors (Lipinski definition) is 4. The molecule has 2 aromatic rings. The molecule has 106 valence electrons. The first-order chi connectivity index (χ1) is 9.52. The topological polar surface area (TPSA) is 77.5 Å². The van der Waals surface area contributed by atoms with Gasteiger partial charge in [0.2, 0.25) is 0 Å². The molecule has 0 bridgehead atoms. The Morgan fingerprint density at radius 3 is 2.90 bits per heavy atom. The van der Waals surface area contributed by atoms with Crippen LogP contribution in [0.2, 0.25) is 0 Å². The van der Waals surface area contributed by atoms with E-state index < -0.39 is 11.7 Å². The predicted octanol–water partition coefficient (Wildman–Crippen LogP) is 2.22. The standard InChI is InChI=1S/C14H15FN2O3/c1-8-4-3-5-11(13(8)15)19-7-10-6-12(14(18)17-16)20-9(10)2/h3-6H,7,16H2,1-2H3,(H,17,18). The second-order valence-electron chi connectivity index (χ2n) is 4.34. The number of nitrogens with one attached hydrogen (secondary N) is 1. The maximum Gasteiger partial charge on any atom is 0.300 e. The van der Waals surface area contributed by atoms with Crippen molar-refractivity contribution in [2.45, 2.75) is 20.5 Å². The fourth-order valence-electron chi connectivity index (χ4n) is 1.73. The van der Waals surface area contributed by atoms with Gasteiger partial charge in [0.1, 0.15) is 12.4 Å². The van der Waals surface area contributed by atoms with E-state index in [-0.39, 0.29) is 18.1 Å². The molecule has 1 amide bonds. The van der Waals surface area contributed by atoms with Crippen LogP contribution in [0.5, 0.6) is 5.75 Å². The van der Waals surface area contributed by atoms with Gasteiger partial charge in [0.15, 0.2) is 17.3 Å². The third-order valence-electron chi connectivity index (χ3n) is 2.92. The number of hydrogen-bond donors (Lipinski definition) is 2. The van der Waals surface area contributed by atoms with Crippen molar-refractivity contribution in [2.75, 3.05) is 0 Å². The Bertz CT molecular complexity index is 637. The molecule has 0 fully saturated rings. The molecule has 3 N–H and O–H groups in total. The summed E-state index contributed by atoms with van der Waals surface area (Å²) in [5.41, 5.74) is 3.14. The maximum absolute atomic E-state index is 13.8. The zero-order chi connectivity index (χ0) is 14.7. The molecule has 1 aromatic carbocycles. The van der Waals surface area contributed by atoms with Crippen LogP contribution in [0.25, 0.3) is 0 Å². The number of aryl methyl sites for hydroxylation is 2. The molecule has 0 saturated heterocycles. The summed E-state index contributed by atoms with van der Waals surface area (Å²) >= 11 is 0. The first-order valence-corrected chi connectivity index (χ1v) is 6.01. The molecule has 0 spiro atoms. The minimum atomic E-state index is -0.527. The Balaban J connectivity index is 2.13. The lowest BCUT2D eigenvalue weighted by atomic mass is 10.2. The smallest absolute Gasteiger partial charge is 0.300 e. The van der Waals surface area contributed by atoms with E-state index in [0.29, 0.717) is 16.9 Å². The average molecular weight is 278 g/mol. The second-order valence-corrected chi connectivity index (χ2v) is 4.34. The third kappa shape index (κ3) is 2.80. The normalized spacial score (nSPS) is 10.4. The summed E-state index contributed by atoms with van der Waals surface area (Å²) in [6, 6.07) is 6.44. The van der Waals surface area contributed by atoms with E-state index in [2.05, 4.69) is 0 Å². The van der Waals surface area contributed by atoms with E-state index in [1.54, 1.807) is 32.0 Å². The van der Waals surface area contributed by atoms with Gasteiger partial charge < -0.3 is 9.15 Å². The number of benzene rings is 1. The summed E-state index contributed by atoms with van der Waals surface area (Å²) < 4.78 is 24.4. The minimum absolute atomic E-state index is 0.0910. The van der Waals surface area contributed by atoms with Crippen LogP contribution in [-0.2, 0) is 6.61 Å². The maximum atomic E-state index is 13.8. The summed E-state index contributed by atoms with van der Waals surface area (Å²) in [6.07, 6.45) is 0. The van der Waals surface area contributed by atoms with Crippen molar-refractivity contribution in [3.05, 3.63) is 52.7 Å². The Hall–Kier alpha value is -2.34. The number of halogens is 1. The van der Waals surface area contributed by atoms with Crippen LogP contribution in [0.3, 0.4) is 0 Å². The van der Waals surface area contributed by atoms with Gasteiger partial charge in [0.25, 0.3) is 0 Å². The molecule has 1 heterocycles. The molecule has 2 rings (SSSR count). The molecular formula is C14H15FN2O3. The molecule has 0 saturated carbocycles. The molecule has 0 radical (unpaired) electrons. The molecular weight excluding hydrogens is 263 g/mol. The van der Waals surface area contributed by atoms with Crippen molar-refractivity contribution in [2.24, 2.45) is 5.84 Å². The molecule has 1 aromatic heterocycles. The Labute approximate surface area is 115 Å². The van der Waals surface area contributed by atoms with E-state index in [4.69, 9.17) is 15.0 Å². The van der Waals surface area contributed by atoms with Gasteiger partial charge in [-0.25, -0.2) is 10.2 Å². The number of carbonyl (C=O) groups is 1. The second kappa shape index (κ2) is 5.75. The number of hydrazine groups is 1. The number of rotatable bonds is 4. The Morgan fingerprint density at radius 2 is 2.20 bits per heavy atom. The van der Waals surface area contributed by atoms with Gasteiger partial charge in [-0.2, -0.15) is 0 Å². The highest BCUT2D eigenvalue weighted by molar-refractivity contribution is 5.91. The van der Waals surface area contributed by atoms with Crippen molar-refractivity contribution in [1.29, 1.82) is 0 Å². The van der Waals surface area contributed by atoms with Gasteiger partial charge in [0, 0.05) is 5.56 Å². The highest BCUT2D eigenvalue weighted by atomic mass is 19.1. The molecule has 0 aliphatic heterocycles. The van der Waals surface area contributed by atoms with Gasteiger partial charge in [0.05, 0.1) is 0 Å². The van der Waals surface area contributed by atoms with Gasteiger partial charge >= 0.3 is 5.91 Å². The lowest BCUT2D eigenvalue weighted by Gasteiger charge is -2.07. The fourth-order valence-corrected chi connectivity index (χ4v) is 1.73. The largest absolute Gasteiger partial charge is 0.486 e. The zero-order valence-corrected chi connectivity index (χ0v) is 11.2. The van der Waals surface area contributed by atoms with Gasteiger partial charge in [-0.3, -0.25) is 10.2 Å². The van der Waals surface area contributed by atoms with Crippen LogP contribution < -0.4 is 16.0 Å². The Kier molecular flexibility index (Phi) is 4.05. The van der Waals surface area contributed by atoms with Crippen molar-refractivity contribution in [1.82, 2.24) is 5.43 Å². The SMILES string of the molecule is Cc1cccc(OCc2cc(C(=O)NN)oc2C)c1F. The van der Waals surface area contributed by atoms with E-state index in [9.17, 15) is 9.18 Å². The van der Waals surface area contributed by atoms with Crippen LogP contribution >= 0.6 is 0 Å². The highest BCUT2D eigenvalue weighted by Gasteiger charge is 2.14. The van der Waals surface area contributed by atoms with E-state index in [1.165, 1.54) is 6.07 Å². The lowest BCUT2D eigenvalue weighted by molar-refractivity contribution is 0.0924. The summed E-state index contributed by atoms with van der Waals surface area (Å²) in [7, 11) is 0. The van der Waals surface area contributed by atoms with Crippen molar-refractivity contribution in [3.63, 3.8) is 0 Å². The number of nitrogen functional groups attached to an aromatic ring is 1. The average Bonchev–Trinajstić information content (AvgIpc) is 2.81. The molecule has 5 nitrogen and oxygen atoms in total. The van der Waals surface area contributed by atoms with E-state index in [0.717, 1.165) is 0 Å². The summed E-state index contributed by atoms with van der Waals surface area (Å²) in [5, 5.41) is 0. The number of furan rings is 1. The third-order valence-corrected chi connectivity index (χ3v) is 2.92. The quantitative estimate of drug-likeness (QED) is 0.510. The monoisotopic (exact) mass is 278 g/mol. The minimum Gasteiger partial charge on any atom is -0.486 e. The first-order valence-electron chi connectivity index (χ1n) is 6.01. The summed E-state index contributed by atoms with van der Waals surface area (Å²) in [5.74, 6) is 4.88. The Morgan fingerprint density at radius 1 is 1.45 bits per heavy atom. The molecule has 0 aliphatic carbocycles. The number of nitrogens with two attached hydrogens (primary N) is 1. The molecule has 0 aliphatic rings. The molecule has 6 heteroatoms.